The van der Waals surface area contributed by atoms with Crippen LogP contribution in [-0.4, -0.2) is 34.6 Å². The van der Waals surface area contributed by atoms with Gasteiger partial charge in [-0.2, -0.15) is 13.1 Å². The van der Waals surface area contributed by atoms with Crippen LogP contribution in [0.3, 0.4) is 0 Å². The highest BCUT2D eigenvalue weighted by Gasteiger charge is 2.22. The Balaban J connectivity index is 0.990. The summed E-state index contributed by atoms with van der Waals surface area (Å²) in [4.78, 5) is 9.78. The van der Waals surface area contributed by atoms with Crippen molar-refractivity contribution in [2.75, 3.05) is 11.5 Å². The molecule has 51 heavy (non-hydrogen) atoms. The fourth-order valence-electron chi connectivity index (χ4n) is 5.68. The Bertz CT molecular complexity index is 2190. The molecule has 256 valence electrons. The van der Waals surface area contributed by atoms with Crippen LogP contribution in [0.5, 0.6) is 0 Å². The van der Waals surface area contributed by atoms with E-state index in [1.54, 1.807) is 23.3 Å². The van der Waals surface area contributed by atoms with Crippen molar-refractivity contribution in [2.45, 2.75) is 44.8 Å². The standard InChI is InChI=1S/C40H35N5S6/c1-26(23-46-36-22-35(43-49-36)30-10-4-2-5-11-30)17-29-19-33(21-34(20-29)38-42-40(51-45-38)47-24-27-15-16-27)32-14-8-9-28(18-32)25-48-39-41-37(44-50-39)31-12-6-3-7-13-31/h2-14,18-22,26-27H,15-17,23-25H2,1H3. The molecule has 8 rings (SSSR count). The minimum atomic E-state index is 0.476. The van der Waals surface area contributed by atoms with E-state index in [0.29, 0.717) is 5.92 Å². The predicted molar refractivity (Wildman–Crippen MR) is 220 cm³/mol. The molecule has 5 nitrogen and oxygen atoms in total. The first-order chi connectivity index (χ1) is 25.1. The van der Waals surface area contributed by atoms with Crippen molar-refractivity contribution < 1.29 is 0 Å². The lowest BCUT2D eigenvalue weighted by Crippen LogP contribution is -2.03. The Kier molecular flexibility index (Phi) is 11.3. The summed E-state index contributed by atoms with van der Waals surface area (Å²) < 4.78 is 17.5. The van der Waals surface area contributed by atoms with Gasteiger partial charge in [-0.1, -0.05) is 121 Å². The Hall–Kier alpha value is -3.32. The zero-order chi connectivity index (χ0) is 34.4. The van der Waals surface area contributed by atoms with Gasteiger partial charge in [-0.15, -0.1) is 11.8 Å². The molecule has 0 saturated heterocycles. The zero-order valence-electron chi connectivity index (χ0n) is 28.0. The van der Waals surface area contributed by atoms with E-state index in [9.17, 15) is 0 Å². The van der Waals surface area contributed by atoms with Crippen molar-refractivity contribution in [1.82, 2.24) is 23.1 Å². The van der Waals surface area contributed by atoms with E-state index in [4.69, 9.17) is 18.7 Å². The lowest BCUT2D eigenvalue weighted by atomic mass is 9.94. The van der Waals surface area contributed by atoms with Crippen molar-refractivity contribution in [3.8, 4) is 45.2 Å². The summed E-state index contributed by atoms with van der Waals surface area (Å²) >= 11 is 10.1. The maximum absolute atomic E-state index is 4.99. The quantitative estimate of drug-likeness (QED) is 0.0954. The van der Waals surface area contributed by atoms with Crippen LogP contribution in [0.1, 0.15) is 30.9 Å². The van der Waals surface area contributed by atoms with Crippen LogP contribution in [0.2, 0.25) is 0 Å². The largest absolute Gasteiger partial charge is 0.208 e. The van der Waals surface area contributed by atoms with Crippen LogP contribution < -0.4 is 0 Å². The second kappa shape index (κ2) is 16.6. The monoisotopic (exact) mass is 777 g/mol. The number of hydrogen-bond donors (Lipinski definition) is 0. The molecule has 1 aliphatic carbocycles. The zero-order valence-corrected chi connectivity index (χ0v) is 32.9. The summed E-state index contributed by atoms with van der Waals surface area (Å²) in [5.41, 5.74) is 9.35. The average molecular weight is 778 g/mol. The van der Waals surface area contributed by atoms with Gasteiger partial charge in [0.05, 0.1) is 9.90 Å². The molecule has 1 atom stereocenters. The third-order valence-corrected chi connectivity index (χ3v) is 14.8. The molecule has 0 spiro atoms. The number of aromatic nitrogens is 5. The first-order valence-electron chi connectivity index (χ1n) is 17.0. The highest BCUT2D eigenvalue weighted by Crippen LogP contribution is 2.38. The summed E-state index contributed by atoms with van der Waals surface area (Å²) in [6, 6.07) is 38.7. The smallest absolute Gasteiger partial charge is 0.174 e. The molecule has 0 bridgehead atoms. The molecule has 1 unspecified atom stereocenters. The number of benzene rings is 4. The van der Waals surface area contributed by atoms with Crippen LogP contribution in [0.4, 0.5) is 0 Å². The van der Waals surface area contributed by atoms with Crippen LogP contribution in [0.25, 0.3) is 45.2 Å². The first kappa shape index (κ1) is 34.7. The van der Waals surface area contributed by atoms with Crippen molar-refractivity contribution >= 4 is 69.9 Å². The molecule has 3 heterocycles. The summed E-state index contributed by atoms with van der Waals surface area (Å²) in [5.74, 6) is 5.96. The average Bonchev–Trinajstić information content (AvgIpc) is 3.50. The third kappa shape index (κ3) is 9.38. The second-order valence-electron chi connectivity index (χ2n) is 12.8. The molecule has 1 fully saturated rings. The molecule has 3 aromatic heterocycles. The van der Waals surface area contributed by atoms with Gasteiger partial charge in [-0.05, 0) is 106 Å². The van der Waals surface area contributed by atoms with Crippen LogP contribution >= 0.6 is 69.9 Å². The number of hydrogen-bond acceptors (Lipinski definition) is 11. The van der Waals surface area contributed by atoms with Gasteiger partial charge in [-0.25, -0.2) is 9.97 Å². The number of nitrogens with zero attached hydrogens (tertiary/aromatic N) is 5. The van der Waals surface area contributed by atoms with Gasteiger partial charge in [0.15, 0.2) is 20.3 Å². The molecule has 0 aliphatic heterocycles. The Labute approximate surface area is 324 Å². The lowest BCUT2D eigenvalue weighted by Gasteiger charge is -2.14. The van der Waals surface area contributed by atoms with E-state index in [1.807, 2.05) is 47.8 Å². The van der Waals surface area contributed by atoms with E-state index in [0.717, 1.165) is 66.7 Å². The maximum atomic E-state index is 4.99. The molecule has 0 N–H and O–H groups in total. The van der Waals surface area contributed by atoms with Crippen molar-refractivity contribution in [3.63, 3.8) is 0 Å². The molecule has 0 radical (unpaired) electrons. The molecule has 1 aliphatic rings. The van der Waals surface area contributed by atoms with Crippen molar-refractivity contribution in [1.29, 1.82) is 0 Å². The second-order valence-corrected chi connectivity index (χ2v) is 18.9. The molecule has 0 amide bonds. The minimum absolute atomic E-state index is 0.476. The Morgan fingerprint density at radius 1 is 0.608 bits per heavy atom. The molecular weight excluding hydrogens is 743 g/mol. The van der Waals surface area contributed by atoms with Crippen LogP contribution in [0, 0.1) is 11.8 Å². The Morgan fingerprint density at radius 2 is 1.27 bits per heavy atom. The maximum Gasteiger partial charge on any atom is 0.174 e. The molecule has 1 saturated carbocycles. The predicted octanol–water partition coefficient (Wildman–Crippen LogP) is 12.3. The molecular formula is C40H35N5S6. The van der Waals surface area contributed by atoms with Crippen LogP contribution in [-0.2, 0) is 12.2 Å². The van der Waals surface area contributed by atoms with E-state index >= 15 is 0 Å². The van der Waals surface area contributed by atoms with Gasteiger partial charge in [-0.3, -0.25) is 0 Å². The fraction of sp³-hybridized carbons (Fsp3) is 0.225. The third-order valence-electron chi connectivity index (χ3n) is 8.51. The fourth-order valence-corrected chi connectivity index (χ4v) is 10.9. The van der Waals surface area contributed by atoms with E-state index < -0.39 is 0 Å². The minimum Gasteiger partial charge on any atom is -0.208 e. The molecule has 7 aromatic rings. The first-order valence-corrected chi connectivity index (χ1v) is 22.3. The molecule has 11 heteroatoms. The summed E-state index contributed by atoms with van der Waals surface area (Å²) in [7, 11) is 0. The number of thioether (sulfide) groups is 3. The van der Waals surface area contributed by atoms with Gasteiger partial charge >= 0.3 is 0 Å². The highest BCUT2D eigenvalue weighted by molar-refractivity contribution is 8.01. The molecule has 4 aromatic carbocycles. The number of rotatable bonds is 15. The van der Waals surface area contributed by atoms with Gasteiger partial charge in [0, 0.05) is 33.9 Å². The SMILES string of the molecule is CC(CSc1cc(-c2ccccc2)ns1)Cc1cc(-c2cccc(CSc3nc(-c4ccccc4)ns3)c2)cc(-c2nsc(SCC3CC3)n2)c1. The highest BCUT2D eigenvalue weighted by atomic mass is 32.2. The van der Waals surface area contributed by atoms with E-state index in [2.05, 4.69) is 96.2 Å². The van der Waals surface area contributed by atoms with Gasteiger partial charge in [0.2, 0.25) is 0 Å². The Morgan fingerprint density at radius 3 is 2.04 bits per heavy atom. The van der Waals surface area contributed by atoms with Crippen LogP contribution in [0.15, 0.2) is 122 Å². The van der Waals surface area contributed by atoms with E-state index in [-0.39, 0.29) is 0 Å². The lowest BCUT2D eigenvalue weighted by molar-refractivity contribution is 0.659. The topological polar surface area (TPSA) is 64.5 Å². The summed E-state index contributed by atoms with van der Waals surface area (Å²) in [6.07, 6.45) is 3.68. The van der Waals surface area contributed by atoms with Crippen molar-refractivity contribution in [3.05, 3.63) is 120 Å². The summed E-state index contributed by atoms with van der Waals surface area (Å²) in [5, 5.41) is 0. The normalized spacial score (nSPS) is 13.4. The summed E-state index contributed by atoms with van der Waals surface area (Å²) in [6.45, 7) is 2.35. The van der Waals surface area contributed by atoms with Gasteiger partial charge in [0.1, 0.15) is 0 Å². The van der Waals surface area contributed by atoms with Gasteiger partial charge in [0.25, 0.3) is 0 Å². The van der Waals surface area contributed by atoms with Crippen molar-refractivity contribution in [2.24, 2.45) is 11.8 Å². The van der Waals surface area contributed by atoms with E-state index in [1.165, 1.54) is 67.9 Å². The van der Waals surface area contributed by atoms with Gasteiger partial charge < -0.3 is 0 Å².